The number of hydrogen-bond acceptors (Lipinski definition) is 3. The summed E-state index contributed by atoms with van der Waals surface area (Å²) in [6, 6.07) is 12.5. The molecule has 0 aliphatic rings. The number of anilines is 1. The zero-order chi connectivity index (χ0) is 19.4. The van der Waals surface area contributed by atoms with Crippen LogP contribution in [0.15, 0.2) is 65.6 Å². The minimum Gasteiger partial charge on any atom is -0.497 e. The molecule has 5 nitrogen and oxygen atoms in total. The molecule has 0 radical (unpaired) electrons. The Balaban J connectivity index is 1.85. The molecule has 0 bridgehead atoms. The Hall–Kier alpha value is -3.48. The molecule has 0 aliphatic carbocycles. The van der Waals surface area contributed by atoms with Gasteiger partial charge in [-0.1, -0.05) is 12.1 Å². The molecule has 1 N–H and O–H groups in total. The SMILES string of the molecule is COc1cccc(Cn2cc(C(=O)Nc3cc(F)ccc3F)ccc2=O)c1. The van der Waals surface area contributed by atoms with Crippen molar-refractivity contribution in [3.8, 4) is 5.75 Å². The number of nitrogens with one attached hydrogen (secondary N) is 1. The lowest BCUT2D eigenvalue weighted by Crippen LogP contribution is -2.22. The normalized spacial score (nSPS) is 10.5. The highest BCUT2D eigenvalue weighted by atomic mass is 19.1. The fourth-order valence-corrected chi connectivity index (χ4v) is 2.54. The Morgan fingerprint density at radius 2 is 1.93 bits per heavy atom. The number of pyridine rings is 1. The van der Waals surface area contributed by atoms with Crippen LogP contribution in [-0.4, -0.2) is 17.6 Å². The van der Waals surface area contributed by atoms with Crippen LogP contribution >= 0.6 is 0 Å². The van der Waals surface area contributed by atoms with Crippen molar-refractivity contribution in [1.29, 1.82) is 0 Å². The van der Waals surface area contributed by atoms with Gasteiger partial charge in [0.2, 0.25) is 0 Å². The number of benzene rings is 2. The largest absolute Gasteiger partial charge is 0.497 e. The van der Waals surface area contributed by atoms with E-state index in [4.69, 9.17) is 4.74 Å². The number of amides is 1. The molecule has 1 heterocycles. The lowest BCUT2D eigenvalue weighted by atomic mass is 10.2. The number of methoxy groups -OCH3 is 1. The highest BCUT2D eigenvalue weighted by Crippen LogP contribution is 2.17. The number of hydrogen-bond donors (Lipinski definition) is 1. The van der Waals surface area contributed by atoms with Gasteiger partial charge in [0.1, 0.15) is 17.4 Å². The van der Waals surface area contributed by atoms with Crippen LogP contribution in [0.1, 0.15) is 15.9 Å². The predicted molar refractivity (Wildman–Crippen MR) is 97.1 cm³/mol. The molecule has 2 aromatic carbocycles. The molecule has 0 saturated heterocycles. The summed E-state index contributed by atoms with van der Waals surface area (Å²) in [6.45, 7) is 0.228. The van der Waals surface area contributed by atoms with Crippen LogP contribution in [0.3, 0.4) is 0 Å². The van der Waals surface area contributed by atoms with Crippen molar-refractivity contribution in [2.24, 2.45) is 0 Å². The molecule has 0 atom stereocenters. The first-order chi connectivity index (χ1) is 13.0. The molecule has 0 saturated carbocycles. The summed E-state index contributed by atoms with van der Waals surface area (Å²) < 4.78 is 33.5. The smallest absolute Gasteiger partial charge is 0.257 e. The van der Waals surface area contributed by atoms with Gasteiger partial charge >= 0.3 is 0 Å². The summed E-state index contributed by atoms with van der Waals surface area (Å²) in [5.41, 5.74) is 0.378. The first kappa shape index (κ1) is 18.3. The summed E-state index contributed by atoms with van der Waals surface area (Å²) in [7, 11) is 1.54. The van der Waals surface area contributed by atoms with Gasteiger partial charge in [0.15, 0.2) is 0 Å². The Morgan fingerprint density at radius 3 is 2.70 bits per heavy atom. The van der Waals surface area contributed by atoms with Crippen LogP contribution in [0, 0.1) is 11.6 Å². The zero-order valence-corrected chi connectivity index (χ0v) is 14.4. The van der Waals surface area contributed by atoms with Crippen LogP contribution < -0.4 is 15.6 Å². The molecule has 1 aromatic heterocycles. The standard InChI is InChI=1S/C20H16F2N2O3/c1-27-16-4-2-3-13(9-16)11-24-12-14(5-8-19(24)25)20(26)23-18-10-15(21)6-7-17(18)22/h2-10,12H,11H2,1H3,(H,23,26). The van der Waals surface area contributed by atoms with Crippen LogP contribution in [0.4, 0.5) is 14.5 Å². The van der Waals surface area contributed by atoms with Gasteiger partial charge in [-0.15, -0.1) is 0 Å². The molecule has 0 aliphatic heterocycles. The maximum Gasteiger partial charge on any atom is 0.257 e. The lowest BCUT2D eigenvalue weighted by Gasteiger charge is -2.10. The second-order valence-corrected chi connectivity index (χ2v) is 5.81. The fraction of sp³-hybridized carbons (Fsp3) is 0.100. The van der Waals surface area contributed by atoms with E-state index in [0.717, 1.165) is 23.8 Å². The van der Waals surface area contributed by atoms with E-state index in [2.05, 4.69) is 5.32 Å². The third kappa shape index (κ3) is 4.38. The van der Waals surface area contributed by atoms with E-state index in [1.165, 1.54) is 22.9 Å². The Morgan fingerprint density at radius 1 is 1.11 bits per heavy atom. The first-order valence-corrected chi connectivity index (χ1v) is 8.06. The number of aromatic nitrogens is 1. The van der Waals surface area contributed by atoms with E-state index in [1.54, 1.807) is 25.3 Å². The Bertz CT molecular complexity index is 1050. The van der Waals surface area contributed by atoms with Crippen molar-refractivity contribution < 1.29 is 18.3 Å². The van der Waals surface area contributed by atoms with Gasteiger partial charge in [-0.05, 0) is 35.9 Å². The number of halogens is 2. The van der Waals surface area contributed by atoms with E-state index in [9.17, 15) is 18.4 Å². The number of carbonyl (C=O) groups is 1. The fourth-order valence-electron chi connectivity index (χ4n) is 2.54. The maximum absolute atomic E-state index is 13.7. The second kappa shape index (κ2) is 7.82. The number of rotatable bonds is 5. The molecular weight excluding hydrogens is 354 g/mol. The number of ether oxygens (including phenoxy) is 1. The highest BCUT2D eigenvalue weighted by molar-refractivity contribution is 6.04. The van der Waals surface area contributed by atoms with Gasteiger partial charge in [0.25, 0.3) is 11.5 Å². The van der Waals surface area contributed by atoms with Crippen molar-refractivity contribution in [2.45, 2.75) is 6.54 Å². The third-order valence-electron chi connectivity index (χ3n) is 3.91. The predicted octanol–water partition coefficient (Wildman–Crippen LogP) is 3.44. The first-order valence-electron chi connectivity index (χ1n) is 8.06. The van der Waals surface area contributed by atoms with E-state index >= 15 is 0 Å². The molecule has 1 amide bonds. The van der Waals surface area contributed by atoms with E-state index < -0.39 is 17.5 Å². The summed E-state index contributed by atoms with van der Waals surface area (Å²) in [5.74, 6) is -1.43. The average molecular weight is 370 g/mol. The summed E-state index contributed by atoms with van der Waals surface area (Å²) in [6.07, 6.45) is 1.37. The molecule has 0 fully saturated rings. The van der Waals surface area contributed by atoms with Crippen LogP contribution in [0.5, 0.6) is 5.75 Å². The summed E-state index contributed by atoms with van der Waals surface area (Å²) in [4.78, 5) is 24.5. The van der Waals surface area contributed by atoms with Crippen LogP contribution in [0.2, 0.25) is 0 Å². The van der Waals surface area contributed by atoms with Crippen molar-refractivity contribution in [3.05, 3.63) is 93.9 Å². The minimum absolute atomic E-state index is 0.140. The average Bonchev–Trinajstić information content (AvgIpc) is 2.66. The monoisotopic (exact) mass is 370 g/mol. The molecule has 3 aromatic rings. The minimum atomic E-state index is -0.755. The van der Waals surface area contributed by atoms with Gasteiger partial charge in [-0.2, -0.15) is 0 Å². The molecule has 7 heteroatoms. The lowest BCUT2D eigenvalue weighted by molar-refractivity contribution is 0.102. The molecule has 3 rings (SSSR count). The van der Waals surface area contributed by atoms with Crippen molar-refractivity contribution in [2.75, 3.05) is 12.4 Å². The van der Waals surface area contributed by atoms with Gasteiger partial charge in [-0.25, -0.2) is 8.78 Å². The van der Waals surface area contributed by atoms with Crippen molar-refractivity contribution >= 4 is 11.6 Å². The van der Waals surface area contributed by atoms with Gasteiger partial charge in [0, 0.05) is 18.3 Å². The Labute approximate surface area is 153 Å². The molecule has 27 heavy (non-hydrogen) atoms. The maximum atomic E-state index is 13.7. The van der Waals surface area contributed by atoms with Crippen LogP contribution in [-0.2, 0) is 6.54 Å². The highest BCUT2D eigenvalue weighted by Gasteiger charge is 2.12. The van der Waals surface area contributed by atoms with E-state index in [-0.39, 0.29) is 23.4 Å². The Kier molecular flexibility index (Phi) is 5.30. The second-order valence-electron chi connectivity index (χ2n) is 5.81. The van der Waals surface area contributed by atoms with Gasteiger partial charge in [-0.3, -0.25) is 9.59 Å². The molecular formula is C20H16F2N2O3. The van der Waals surface area contributed by atoms with Crippen molar-refractivity contribution in [1.82, 2.24) is 4.57 Å². The molecule has 0 unspecified atom stereocenters. The summed E-state index contributed by atoms with van der Waals surface area (Å²) in [5, 5.41) is 2.31. The molecule has 0 spiro atoms. The number of nitrogens with zero attached hydrogens (tertiary/aromatic N) is 1. The zero-order valence-electron chi connectivity index (χ0n) is 14.4. The van der Waals surface area contributed by atoms with Gasteiger partial charge in [0.05, 0.1) is 24.9 Å². The van der Waals surface area contributed by atoms with Crippen molar-refractivity contribution in [3.63, 3.8) is 0 Å². The molecule has 138 valence electrons. The topological polar surface area (TPSA) is 60.3 Å². The summed E-state index contributed by atoms with van der Waals surface area (Å²) >= 11 is 0. The van der Waals surface area contributed by atoms with E-state index in [1.807, 2.05) is 6.07 Å². The number of carbonyl (C=O) groups excluding carboxylic acids is 1. The van der Waals surface area contributed by atoms with E-state index in [0.29, 0.717) is 5.75 Å². The van der Waals surface area contributed by atoms with Gasteiger partial charge < -0.3 is 14.6 Å². The van der Waals surface area contributed by atoms with Crippen LogP contribution in [0.25, 0.3) is 0 Å². The quantitative estimate of drug-likeness (QED) is 0.749. The third-order valence-corrected chi connectivity index (χ3v) is 3.91.